The Kier molecular flexibility index (Phi) is 7.03. The summed E-state index contributed by atoms with van der Waals surface area (Å²) in [7, 11) is 0. The second-order valence-corrected chi connectivity index (χ2v) is 9.26. The average Bonchev–Trinajstić information content (AvgIpc) is 3.24. The average molecular weight is 442 g/mol. The first-order valence-electron chi connectivity index (χ1n) is 10.7. The van der Waals surface area contributed by atoms with Crippen LogP contribution < -0.4 is 4.72 Å². The van der Waals surface area contributed by atoms with Gasteiger partial charge < -0.3 is 9.88 Å². The van der Waals surface area contributed by atoms with Crippen LogP contribution in [0, 0.1) is 0 Å². The van der Waals surface area contributed by atoms with Crippen molar-refractivity contribution in [1.82, 2.24) is 14.6 Å². The molecule has 2 N–H and O–H groups in total. The number of piperidine rings is 1. The number of H-pyrrole nitrogens is 1. The summed E-state index contributed by atoms with van der Waals surface area (Å²) in [6.07, 6.45) is 6.79. The monoisotopic (exact) mass is 441 g/mol. The quantitative estimate of drug-likeness (QED) is 0.454. The van der Waals surface area contributed by atoms with Crippen LogP contribution in [-0.4, -0.2) is 34.4 Å². The first-order valence-corrected chi connectivity index (χ1v) is 11.9. The van der Waals surface area contributed by atoms with Crippen LogP contribution in [0.2, 0.25) is 5.02 Å². The molecule has 1 aromatic heterocycles. The van der Waals surface area contributed by atoms with E-state index in [4.69, 9.17) is 11.6 Å². The molecule has 4 nitrogen and oxygen atoms in total. The molecule has 0 spiro atoms. The van der Waals surface area contributed by atoms with Gasteiger partial charge in [0.1, 0.15) is 0 Å². The number of nitrogens with one attached hydrogen (secondary N) is 2. The topological polar surface area (TPSA) is 48.1 Å². The smallest absolute Gasteiger partial charge is 0.240 e. The summed E-state index contributed by atoms with van der Waals surface area (Å²) in [5, 5.41) is 1.93. The number of fused-ring (bicyclic) bond motifs is 1. The minimum Gasteiger partial charge on any atom is -0.361 e. The van der Waals surface area contributed by atoms with Crippen LogP contribution in [0.3, 0.4) is 0 Å². The van der Waals surface area contributed by atoms with Crippen molar-refractivity contribution in [3.05, 3.63) is 65.3 Å². The minimum absolute atomic E-state index is 0.197. The van der Waals surface area contributed by atoms with E-state index in [1.54, 1.807) is 11.9 Å². The van der Waals surface area contributed by atoms with Crippen LogP contribution in [0.25, 0.3) is 10.9 Å². The van der Waals surface area contributed by atoms with E-state index in [2.05, 4.69) is 39.7 Å². The van der Waals surface area contributed by atoms with Crippen molar-refractivity contribution >= 4 is 40.4 Å². The van der Waals surface area contributed by atoms with Crippen molar-refractivity contribution < 1.29 is 4.79 Å². The number of nitrogens with zero attached hydrogens (tertiary/aromatic N) is 1. The number of aryl methyl sites for hydroxylation is 1. The molecule has 0 radical (unpaired) electrons. The molecular formula is C24H28ClN3OS. The summed E-state index contributed by atoms with van der Waals surface area (Å²) in [5.41, 5.74) is 2.19. The zero-order valence-corrected chi connectivity index (χ0v) is 18.8. The fourth-order valence-corrected chi connectivity index (χ4v) is 5.29. The third-order valence-electron chi connectivity index (χ3n) is 5.91. The maximum absolute atomic E-state index is 13.5. The third-order valence-corrected chi connectivity index (χ3v) is 7.26. The molecule has 1 saturated heterocycles. The molecule has 158 valence electrons. The third kappa shape index (κ3) is 4.85. The molecule has 1 fully saturated rings. The van der Waals surface area contributed by atoms with E-state index >= 15 is 0 Å². The van der Waals surface area contributed by atoms with Gasteiger partial charge in [-0.1, -0.05) is 35.9 Å². The van der Waals surface area contributed by atoms with E-state index in [0.717, 1.165) is 46.8 Å². The van der Waals surface area contributed by atoms with Gasteiger partial charge in [0.25, 0.3) is 0 Å². The summed E-state index contributed by atoms with van der Waals surface area (Å²) in [6.45, 7) is 3.01. The Bertz CT molecular complexity index is 1000. The highest BCUT2D eigenvalue weighted by Crippen LogP contribution is 2.27. The maximum atomic E-state index is 13.5. The van der Waals surface area contributed by atoms with Crippen LogP contribution in [0.1, 0.15) is 38.2 Å². The van der Waals surface area contributed by atoms with Crippen molar-refractivity contribution in [2.24, 2.45) is 0 Å². The fourth-order valence-electron chi connectivity index (χ4n) is 4.14. The largest absolute Gasteiger partial charge is 0.361 e. The summed E-state index contributed by atoms with van der Waals surface area (Å²) in [4.78, 5) is 19.9. The summed E-state index contributed by atoms with van der Waals surface area (Å²) < 4.78 is 3.49. The number of halogens is 1. The number of likely N-dealkylation sites (tertiary alicyclic amines) is 1. The van der Waals surface area contributed by atoms with Crippen molar-refractivity contribution in [3.63, 3.8) is 0 Å². The van der Waals surface area contributed by atoms with Gasteiger partial charge in [0.2, 0.25) is 5.91 Å². The van der Waals surface area contributed by atoms with Crippen LogP contribution >= 0.6 is 23.5 Å². The fraction of sp³-hybridized carbons (Fsp3) is 0.375. The van der Waals surface area contributed by atoms with Crippen LogP contribution in [0.5, 0.6) is 0 Å². The summed E-state index contributed by atoms with van der Waals surface area (Å²) >= 11 is 7.91. The molecule has 30 heavy (non-hydrogen) atoms. The van der Waals surface area contributed by atoms with E-state index in [-0.39, 0.29) is 11.9 Å². The number of hydrogen-bond acceptors (Lipinski definition) is 3. The highest BCUT2D eigenvalue weighted by molar-refractivity contribution is 7.97. The van der Waals surface area contributed by atoms with Crippen molar-refractivity contribution in [2.75, 3.05) is 6.54 Å². The van der Waals surface area contributed by atoms with Gasteiger partial charge in [0.15, 0.2) is 0 Å². The Morgan fingerprint density at radius 3 is 2.93 bits per heavy atom. The summed E-state index contributed by atoms with van der Waals surface area (Å²) in [6, 6.07) is 16.2. The Labute approximate surface area is 187 Å². The number of aromatic amines is 1. The van der Waals surface area contributed by atoms with Crippen LogP contribution in [-0.2, 0) is 11.2 Å². The van der Waals surface area contributed by atoms with Gasteiger partial charge in [-0.15, -0.1) is 0 Å². The normalized spacial score (nSPS) is 17.9. The van der Waals surface area contributed by atoms with Crippen molar-refractivity contribution in [2.45, 2.75) is 56.0 Å². The number of hydrogen-bond donors (Lipinski definition) is 2. The van der Waals surface area contributed by atoms with Gasteiger partial charge in [0.05, 0.1) is 6.04 Å². The SMILES string of the molecule is CC1CCCCN1C(=O)C(CCc1ccccc1Cl)NSc1cccc2[nH]ccc12. The van der Waals surface area contributed by atoms with Gasteiger partial charge in [-0.05, 0) is 80.8 Å². The molecule has 1 aliphatic heterocycles. The predicted molar refractivity (Wildman–Crippen MR) is 126 cm³/mol. The Hall–Kier alpha value is -1.95. The molecule has 2 aromatic carbocycles. The number of carbonyl (C=O) groups excluding carboxylic acids is 1. The van der Waals surface area contributed by atoms with Crippen molar-refractivity contribution in [1.29, 1.82) is 0 Å². The van der Waals surface area contributed by atoms with Gasteiger partial charge in [-0.3, -0.25) is 4.79 Å². The molecule has 0 saturated carbocycles. The van der Waals surface area contributed by atoms with E-state index in [0.29, 0.717) is 12.5 Å². The first-order chi connectivity index (χ1) is 14.6. The molecule has 1 amide bonds. The molecule has 2 atom stereocenters. The lowest BCUT2D eigenvalue weighted by Gasteiger charge is -2.36. The highest BCUT2D eigenvalue weighted by Gasteiger charge is 2.29. The zero-order chi connectivity index (χ0) is 20.9. The van der Waals surface area contributed by atoms with Crippen LogP contribution in [0.4, 0.5) is 0 Å². The van der Waals surface area contributed by atoms with Gasteiger partial charge in [-0.25, -0.2) is 4.72 Å². The van der Waals surface area contributed by atoms with E-state index < -0.39 is 0 Å². The number of rotatable bonds is 7. The van der Waals surface area contributed by atoms with Gasteiger partial charge in [-0.2, -0.15) is 0 Å². The maximum Gasteiger partial charge on any atom is 0.240 e. The number of aromatic nitrogens is 1. The number of benzene rings is 2. The Balaban J connectivity index is 1.50. The van der Waals surface area contributed by atoms with Crippen LogP contribution in [0.15, 0.2) is 59.6 Å². The molecular weight excluding hydrogens is 414 g/mol. The van der Waals surface area contributed by atoms with Crippen molar-refractivity contribution in [3.8, 4) is 0 Å². The second kappa shape index (κ2) is 9.90. The molecule has 0 bridgehead atoms. The predicted octanol–water partition coefficient (Wildman–Crippen LogP) is 5.82. The lowest BCUT2D eigenvalue weighted by molar-refractivity contribution is -0.136. The zero-order valence-electron chi connectivity index (χ0n) is 17.2. The summed E-state index contributed by atoms with van der Waals surface area (Å²) in [5.74, 6) is 0.197. The second-order valence-electron chi connectivity index (χ2n) is 7.97. The molecule has 1 aliphatic rings. The van der Waals surface area contributed by atoms with E-state index in [1.807, 2.05) is 36.5 Å². The van der Waals surface area contributed by atoms with E-state index in [1.165, 1.54) is 11.8 Å². The molecule has 0 aliphatic carbocycles. The van der Waals surface area contributed by atoms with Gasteiger partial charge in [0, 0.05) is 39.6 Å². The number of amides is 1. The standard InChI is InChI=1S/C24H28ClN3OS/c1-17-7-4-5-16-28(17)24(29)22(13-12-18-8-2-3-9-20(18)25)27-30-23-11-6-10-21-19(23)14-15-26-21/h2-3,6,8-11,14-15,17,22,26-27H,4-5,7,12-13,16H2,1H3. The molecule has 2 unspecified atom stereocenters. The van der Waals surface area contributed by atoms with Gasteiger partial charge >= 0.3 is 0 Å². The lowest BCUT2D eigenvalue weighted by Crippen LogP contribution is -2.50. The Morgan fingerprint density at radius 2 is 2.10 bits per heavy atom. The van der Waals surface area contributed by atoms with E-state index in [9.17, 15) is 4.79 Å². The Morgan fingerprint density at radius 1 is 1.23 bits per heavy atom. The molecule has 6 heteroatoms. The lowest BCUT2D eigenvalue weighted by atomic mass is 10.00. The molecule has 2 heterocycles. The molecule has 4 rings (SSSR count). The minimum atomic E-state index is -0.263. The molecule has 3 aromatic rings. The highest BCUT2D eigenvalue weighted by atomic mass is 35.5. The number of carbonyl (C=O) groups is 1. The first kappa shape index (κ1) is 21.3.